The first-order valence-electron chi connectivity index (χ1n) is 6.79. The van der Waals surface area contributed by atoms with Crippen molar-refractivity contribution in [2.45, 2.75) is 45.9 Å². The molecule has 1 atom stereocenters. The highest BCUT2D eigenvalue weighted by atomic mass is 16.6. The number of carbonyl (C=O) groups is 1. The average Bonchev–Trinajstić information content (AvgIpc) is 2.36. The van der Waals surface area contributed by atoms with Crippen LogP contribution in [0.25, 0.3) is 0 Å². The Labute approximate surface area is 121 Å². The highest BCUT2D eigenvalue weighted by molar-refractivity contribution is 5.75. The van der Waals surface area contributed by atoms with E-state index in [2.05, 4.69) is 0 Å². The summed E-state index contributed by atoms with van der Waals surface area (Å²) >= 11 is 0. The first-order chi connectivity index (χ1) is 9.24. The van der Waals surface area contributed by atoms with E-state index < -0.39 is 5.60 Å². The van der Waals surface area contributed by atoms with Crippen LogP contribution in [0.2, 0.25) is 0 Å². The number of esters is 1. The number of benzene rings is 1. The number of hydrogen-bond acceptors (Lipinski definition) is 4. The maximum Gasteiger partial charge on any atom is 0.323 e. The lowest BCUT2D eigenvalue weighted by molar-refractivity contribution is -0.160. The van der Waals surface area contributed by atoms with Crippen LogP contribution in [0.4, 0.5) is 0 Å². The molecule has 0 aliphatic heterocycles. The molecule has 0 amide bonds. The zero-order chi connectivity index (χ0) is 15.3. The van der Waals surface area contributed by atoms with Crippen LogP contribution in [0, 0.1) is 0 Å². The van der Waals surface area contributed by atoms with Crippen molar-refractivity contribution >= 4 is 5.97 Å². The first kappa shape index (κ1) is 16.5. The molecule has 0 aliphatic carbocycles. The number of carbonyl (C=O) groups excluding carboxylic acids is 1. The molecule has 20 heavy (non-hydrogen) atoms. The van der Waals surface area contributed by atoms with Crippen molar-refractivity contribution in [3.63, 3.8) is 0 Å². The number of nitrogens with zero attached hydrogens (tertiary/aromatic N) is 1. The Morgan fingerprint density at radius 1 is 1.30 bits per heavy atom. The molecule has 0 fully saturated rings. The van der Waals surface area contributed by atoms with Crippen molar-refractivity contribution in [2.24, 2.45) is 0 Å². The van der Waals surface area contributed by atoms with Gasteiger partial charge < -0.3 is 9.47 Å². The van der Waals surface area contributed by atoms with Crippen molar-refractivity contribution in [1.29, 1.82) is 0 Å². The molecule has 4 nitrogen and oxygen atoms in total. The van der Waals surface area contributed by atoms with Crippen molar-refractivity contribution in [2.75, 3.05) is 14.2 Å². The summed E-state index contributed by atoms with van der Waals surface area (Å²) in [5.41, 5.74) is 0.587. The summed E-state index contributed by atoms with van der Waals surface area (Å²) in [6, 6.07) is 7.50. The third-order valence-electron chi connectivity index (χ3n) is 3.02. The van der Waals surface area contributed by atoms with Crippen LogP contribution in [-0.2, 0) is 16.1 Å². The molecular formula is C16H25NO3. The molecule has 0 aromatic heterocycles. The Kier molecular flexibility index (Phi) is 5.57. The zero-order valence-corrected chi connectivity index (χ0v) is 13.3. The second-order valence-corrected chi connectivity index (χ2v) is 5.94. The minimum atomic E-state index is -0.462. The fourth-order valence-corrected chi connectivity index (χ4v) is 1.81. The third kappa shape index (κ3) is 4.85. The maximum absolute atomic E-state index is 12.0. The molecule has 0 bridgehead atoms. The molecule has 1 aromatic carbocycles. The molecule has 1 aromatic rings. The van der Waals surface area contributed by atoms with Crippen LogP contribution < -0.4 is 4.74 Å². The van der Waals surface area contributed by atoms with Gasteiger partial charge in [0.2, 0.25) is 0 Å². The molecule has 0 N–H and O–H groups in total. The van der Waals surface area contributed by atoms with Gasteiger partial charge in [0.1, 0.15) is 17.4 Å². The zero-order valence-electron chi connectivity index (χ0n) is 13.3. The maximum atomic E-state index is 12.0. The molecule has 0 heterocycles. The van der Waals surface area contributed by atoms with Crippen LogP contribution in [0.5, 0.6) is 5.75 Å². The molecule has 1 rings (SSSR count). The third-order valence-corrected chi connectivity index (χ3v) is 3.02. The van der Waals surface area contributed by atoms with Crippen LogP contribution >= 0.6 is 0 Å². The number of para-hydroxylation sites is 1. The smallest absolute Gasteiger partial charge is 0.323 e. The summed E-state index contributed by atoms with van der Waals surface area (Å²) in [6.45, 7) is 8.10. The van der Waals surface area contributed by atoms with E-state index in [-0.39, 0.29) is 12.0 Å². The van der Waals surface area contributed by atoms with Crippen LogP contribution in [-0.4, -0.2) is 36.7 Å². The molecule has 112 valence electrons. The summed E-state index contributed by atoms with van der Waals surface area (Å²) in [5.74, 6) is 0.616. The lowest BCUT2D eigenvalue weighted by Gasteiger charge is -2.27. The summed E-state index contributed by atoms with van der Waals surface area (Å²) in [4.78, 5) is 14.0. The number of methoxy groups -OCH3 is 1. The summed E-state index contributed by atoms with van der Waals surface area (Å²) < 4.78 is 10.7. The molecule has 0 saturated heterocycles. The second-order valence-electron chi connectivity index (χ2n) is 5.94. The largest absolute Gasteiger partial charge is 0.496 e. The SMILES string of the molecule is COc1ccccc1CN(C)C(C)C(=O)OC(C)(C)C. The van der Waals surface area contributed by atoms with Crippen LogP contribution in [0.3, 0.4) is 0 Å². The van der Waals surface area contributed by atoms with Gasteiger partial charge in [0.25, 0.3) is 0 Å². The Morgan fingerprint density at radius 3 is 2.45 bits per heavy atom. The minimum absolute atomic E-state index is 0.213. The Morgan fingerprint density at radius 2 is 1.90 bits per heavy atom. The van der Waals surface area contributed by atoms with E-state index in [0.29, 0.717) is 6.54 Å². The highest BCUT2D eigenvalue weighted by Gasteiger charge is 2.25. The van der Waals surface area contributed by atoms with Gasteiger partial charge in [-0.1, -0.05) is 18.2 Å². The lowest BCUT2D eigenvalue weighted by atomic mass is 10.1. The molecule has 0 aliphatic rings. The summed E-state index contributed by atoms with van der Waals surface area (Å²) in [7, 11) is 3.55. The predicted molar refractivity (Wildman–Crippen MR) is 79.8 cm³/mol. The molecule has 0 saturated carbocycles. The summed E-state index contributed by atoms with van der Waals surface area (Å²) in [5, 5.41) is 0. The predicted octanol–water partition coefficient (Wildman–Crippen LogP) is 2.86. The van der Waals surface area contributed by atoms with Gasteiger partial charge in [-0.2, -0.15) is 0 Å². The van der Waals surface area contributed by atoms with Crippen molar-refractivity contribution in [1.82, 2.24) is 4.90 Å². The fraction of sp³-hybridized carbons (Fsp3) is 0.562. The Hall–Kier alpha value is -1.55. The van der Waals surface area contributed by atoms with Gasteiger partial charge in [0, 0.05) is 12.1 Å². The van der Waals surface area contributed by atoms with E-state index >= 15 is 0 Å². The van der Waals surface area contributed by atoms with E-state index in [0.717, 1.165) is 11.3 Å². The Balaban J connectivity index is 2.70. The van der Waals surface area contributed by atoms with Gasteiger partial charge in [-0.05, 0) is 40.8 Å². The van der Waals surface area contributed by atoms with E-state index in [9.17, 15) is 4.79 Å². The quantitative estimate of drug-likeness (QED) is 0.777. The van der Waals surface area contributed by atoms with Crippen molar-refractivity contribution < 1.29 is 14.3 Å². The van der Waals surface area contributed by atoms with Gasteiger partial charge in [-0.15, -0.1) is 0 Å². The van der Waals surface area contributed by atoms with Crippen LogP contribution in [0.1, 0.15) is 33.3 Å². The molecule has 1 unspecified atom stereocenters. The molecule has 4 heteroatoms. The van der Waals surface area contributed by atoms with Crippen LogP contribution in [0.15, 0.2) is 24.3 Å². The van der Waals surface area contributed by atoms with Gasteiger partial charge >= 0.3 is 5.97 Å². The number of hydrogen-bond donors (Lipinski definition) is 0. The lowest BCUT2D eigenvalue weighted by Crippen LogP contribution is -2.40. The van der Waals surface area contributed by atoms with E-state index in [4.69, 9.17) is 9.47 Å². The van der Waals surface area contributed by atoms with Gasteiger partial charge in [0.15, 0.2) is 0 Å². The van der Waals surface area contributed by atoms with Gasteiger partial charge in [-0.3, -0.25) is 9.69 Å². The normalized spacial score (nSPS) is 13.2. The number of likely N-dealkylation sites (N-methyl/N-ethyl adjacent to an activating group) is 1. The van der Waals surface area contributed by atoms with E-state index in [1.54, 1.807) is 7.11 Å². The number of ether oxygens (including phenoxy) is 2. The van der Waals surface area contributed by atoms with Crippen molar-refractivity contribution in [3.05, 3.63) is 29.8 Å². The highest BCUT2D eigenvalue weighted by Crippen LogP contribution is 2.20. The first-order valence-corrected chi connectivity index (χ1v) is 6.79. The molecular weight excluding hydrogens is 254 g/mol. The topological polar surface area (TPSA) is 38.8 Å². The fourth-order valence-electron chi connectivity index (χ4n) is 1.81. The monoisotopic (exact) mass is 279 g/mol. The van der Waals surface area contributed by atoms with Gasteiger partial charge in [0.05, 0.1) is 7.11 Å². The summed E-state index contributed by atoms with van der Waals surface area (Å²) in [6.07, 6.45) is 0. The molecule has 0 radical (unpaired) electrons. The second kappa shape index (κ2) is 6.75. The number of rotatable bonds is 5. The van der Waals surface area contributed by atoms with Crippen molar-refractivity contribution in [3.8, 4) is 5.75 Å². The standard InChI is InChI=1S/C16H25NO3/c1-12(15(18)20-16(2,3)4)17(5)11-13-9-7-8-10-14(13)19-6/h7-10,12H,11H2,1-6H3. The Bertz CT molecular complexity index is 451. The minimum Gasteiger partial charge on any atom is -0.496 e. The van der Waals surface area contributed by atoms with E-state index in [1.165, 1.54) is 0 Å². The van der Waals surface area contributed by atoms with Gasteiger partial charge in [-0.25, -0.2) is 0 Å². The van der Waals surface area contributed by atoms with E-state index in [1.807, 2.05) is 63.9 Å². The molecule has 0 spiro atoms. The average molecular weight is 279 g/mol.